The predicted molar refractivity (Wildman–Crippen MR) is 298 cm³/mol. The summed E-state index contributed by atoms with van der Waals surface area (Å²) in [6.45, 7) is 14.8. The minimum atomic E-state index is -0.927. The number of ether oxygens (including phenoxy) is 4. The molecule has 0 bridgehead atoms. The zero-order chi connectivity index (χ0) is 58.2. The van der Waals surface area contributed by atoms with Gasteiger partial charge in [-0.3, -0.25) is 28.8 Å². The van der Waals surface area contributed by atoms with Crippen LogP contribution in [0, 0.1) is 6.92 Å². The molecule has 2 atom stereocenters. The van der Waals surface area contributed by atoms with Crippen LogP contribution in [-0.4, -0.2) is 91.5 Å². The van der Waals surface area contributed by atoms with Gasteiger partial charge in [-0.05, 0) is 150 Å². The summed E-state index contributed by atoms with van der Waals surface area (Å²) in [5.41, 5.74) is 2.98. The summed E-state index contributed by atoms with van der Waals surface area (Å²) in [7, 11) is 1.32. The second-order valence-corrected chi connectivity index (χ2v) is 18.6. The fourth-order valence-electron chi connectivity index (χ4n) is 7.44. The molecule has 410 valence electrons. The number of aryl methyl sites for hydroxylation is 1. The van der Waals surface area contributed by atoms with E-state index >= 15 is 0 Å². The van der Waals surface area contributed by atoms with E-state index in [9.17, 15) is 47.9 Å². The quantitative estimate of drug-likeness (QED) is 0.0202. The van der Waals surface area contributed by atoms with E-state index in [1.165, 1.54) is 81.6 Å². The number of hydrogen-bond donors (Lipinski definition) is 4. The summed E-state index contributed by atoms with van der Waals surface area (Å²) in [6.07, 6.45) is -1.03. The van der Waals surface area contributed by atoms with Gasteiger partial charge >= 0.3 is 23.9 Å². The molecule has 2 unspecified atom stereocenters. The molecule has 4 N–H and O–H groups in total. The van der Waals surface area contributed by atoms with Crippen LogP contribution < -0.4 is 21.3 Å². The van der Waals surface area contributed by atoms with Crippen molar-refractivity contribution in [3.8, 4) is 0 Å². The van der Waals surface area contributed by atoms with Crippen LogP contribution in [0.15, 0.2) is 158 Å². The maximum absolute atomic E-state index is 14.3. The first kappa shape index (κ1) is 59.1. The molecule has 6 rings (SSSR count). The van der Waals surface area contributed by atoms with Crippen LogP contribution in [-0.2, 0) is 28.5 Å². The second kappa shape index (κ2) is 27.3. The average molecular weight is 1080 g/mol. The molecule has 6 aromatic rings. The average Bonchev–Trinajstić information content (AvgIpc) is 3.46. The molecule has 0 aliphatic heterocycles. The third-order valence-corrected chi connectivity index (χ3v) is 12.0. The topological polar surface area (TPSA) is 256 Å². The molecule has 0 heterocycles. The van der Waals surface area contributed by atoms with Crippen LogP contribution in [0.3, 0.4) is 0 Å². The van der Waals surface area contributed by atoms with Gasteiger partial charge in [-0.15, -0.1) is 0 Å². The van der Waals surface area contributed by atoms with Gasteiger partial charge in [0, 0.05) is 87.0 Å². The summed E-state index contributed by atoms with van der Waals surface area (Å²) < 4.78 is 21.3. The first-order valence-electron chi connectivity index (χ1n) is 25.1. The standard InChI is InChI=1S/C62H58N4O14/c1-35(2)59(73)79-38(6)27-29-77-61(75)47-32-45(54(68)44-19-26-51(52(34-44)58(72)63-8)62(76)78-30-28-39(7)80-60(74)36(3)4)31-46(33-47)57(71)66-50-24-17-43(18-25-50)56(70)65-49-22-15-41(16-23-49)53(67)40-13-20-48(21-14-40)64-55(69)42-11-9-37(5)10-12-42/h9-26,31-34,38-39H,1,3,27-30H2,2,4-8H3,(H,63,72)(H,64,69)(H,65,70)(H,66,71). The number of ketones is 2. The van der Waals surface area contributed by atoms with E-state index in [-0.39, 0.29) is 93.5 Å². The lowest BCUT2D eigenvalue weighted by Gasteiger charge is -2.15. The molecule has 0 saturated heterocycles. The number of hydrogen-bond acceptors (Lipinski definition) is 14. The van der Waals surface area contributed by atoms with Crippen LogP contribution in [0.4, 0.5) is 17.1 Å². The highest BCUT2D eigenvalue weighted by molar-refractivity contribution is 6.15. The van der Waals surface area contributed by atoms with Gasteiger partial charge in [-0.25, -0.2) is 19.2 Å². The number of benzene rings is 6. The van der Waals surface area contributed by atoms with Crippen molar-refractivity contribution >= 4 is 76.1 Å². The van der Waals surface area contributed by atoms with Crippen LogP contribution in [0.5, 0.6) is 0 Å². The summed E-state index contributed by atoms with van der Waals surface area (Å²) in [5, 5.41) is 10.7. The Balaban J connectivity index is 1.14. The Bertz CT molecular complexity index is 3400. The molecular formula is C62H58N4O14. The van der Waals surface area contributed by atoms with E-state index in [0.29, 0.717) is 28.1 Å². The van der Waals surface area contributed by atoms with Gasteiger partial charge in [0.1, 0.15) is 12.2 Å². The van der Waals surface area contributed by atoms with Gasteiger partial charge in [-0.1, -0.05) is 36.9 Å². The number of esters is 4. The molecule has 18 nitrogen and oxygen atoms in total. The SMILES string of the molecule is C=C(C)C(=O)OC(C)CCOC(=O)c1cc(C(=O)Nc2ccc(C(=O)Nc3ccc(C(=O)c4ccc(NC(=O)c5ccc(C)cc5)cc4)cc3)cc2)cc(C(=O)c2ccc(C(=O)OCCC(C)OC(=O)C(=C)C)c(C(=O)NC)c2)c1. The summed E-state index contributed by atoms with van der Waals surface area (Å²) in [4.78, 5) is 131. The first-order valence-corrected chi connectivity index (χ1v) is 25.1. The third-order valence-electron chi connectivity index (χ3n) is 12.0. The van der Waals surface area contributed by atoms with Gasteiger partial charge in [-0.2, -0.15) is 0 Å². The minimum Gasteiger partial charge on any atom is -0.462 e. The molecule has 0 fully saturated rings. The fraction of sp³-hybridized carbons (Fsp3) is 0.194. The number of amides is 4. The summed E-state index contributed by atoms with van der Waals surface area (Å²) >= 11 is 0. The van der Waals surface area contributed by atoms with Crippen molar-refractivity contribution in [3.63, 3.8) is 0 Å². The largest absolute Gasteiger partial charge is 0.462 e. The lowest BCUT2D eigenvalue weighted by molar-refractivity contribution is -0.144. The molecule has 80 heavy (non-hydrogen) atoms. The summed E-state index contributed by atoms with van der Waals surface area (Å²) in [5.74, 6) is -6.36. The molecule has 0 spiro atoms. The van der Waals surface area contributed by atoms with Crippen molar-refractivity contribution in [2.75, 3.05) is 36.2 Å². The van der Waals surface area contributed by atoms with Crippen molar-refractivity contribution in [2.24, 2.45) is 0 Å². The van der Waals surface area contributed by atoms with Crippen LogP contribution in [0.2, 0.25) is 0 Å². The van der Waals surface area contributed by atoms with Crippen LogP contribution in [0.1, 0.15) is 140 Å². The number of carbonyl (C=O) groups excluding carboxylic acids is 10. The van der Waals surface area contributed by atoms with Crippen LogP contribution >= 0.6 is 0 Å². The van der Waals surface area contributed by atoms with Crippen molar-refractivity contribution < 1.29 is 66.9 Å². The smallest absolute Gasteiger partial charge is 0.338 e. The molecule has 0 aliphatic rings. The van der Waals surface area contributed by atoms with Crippen molar-refractivity contribution in [1.82, 2.24) is 5.32 Å². The highest BCUT2D eigenvalue weighted by Crippen LogP contribution is 2.23. The lowest BCUT2D eigenvalue weighted by atomic mass is 9.95. The Labute approximate surface area is 461 Å². The zero-order valence-electron chi connectivity index (χ0n) is 44.8. The van der Waals surface area contributed by atoms with Crippen molar-refractivity contribution in [3.05, 3.63) is 219 Å². The van der Waals surface area contributed by atoms with Gasteiger partial charge in [0.15, 0.2) is 11.6 Å². The molecule has 0 saturated carbocycles. The van der Waals surface area contributed by atoms with Gasteiger partial charge < -0.3 is 40.2 Å². The van der Waals surface area contributed by atoms with E-state index in [4.69, 9.17) is 18.9 Å². The molecular weight excluding hydrogens is 1020 g/mol. The normalized spacial score (nSPS) is 11.3. The van der Waals surface area contributed by atoms with E-state index in [1.807, 2.05) is 19.1 Å². The fourth-order valence-corrected chi connectivity index (χ4v) is 7.44. The Morgan fingerprint density at radius 2 is 0.800 bits per heavy atom. The first-order chi connectivity index (χ1) is 38.1. The van der Waals surface area contributed by atoms with Crippen LogP contribution in [0.25, 0.3) is 0 Å². The Morgan fingerprint density at radius 1 is 0.425 bits per heavy atom. The number of anilines is 3. The molecule has 4 amide bonds. The summed E-state index contributed by atoms with van der Waals surface area (Å²) in [6, 6.07) is 33.1. The third kappa shape index (κ3) is 16.2. The number of nitrogens with one attached hydrogen (secondary N) is 4. The molecule has 6 aromatic carbocycles. The lowest BCUT2D eigenvalue weighted by Crippen LogP contribution is -2.23. The maximum Gasteiger partial charge on any atom is 0.338 e. The number of carbonyl (C=O) groups is 10. The number of rotatable bonds is 23. The Kier molecular flexibility index (Phi) is 20.2. The van der Waals surface area contributed by atoms with E-state index < -0.39 is 59.6 Å². The zero-order valence-corrected chi connectivity index (χ0v) is 44.8. The second-order valence-electron chi connectivity index (χ2n) is 18.6. The molecule has 0 aliphatic carbocycles. The minimum absolute atomic E-state index is 0.103. The Hall–Kier alpha value is -10.1. The van der Waals surface area contributed by atoms with Crippen molar-refractivity contribution in [2.45, 2.75) is 59.7 Å². The van der Waals surface area contributed by atoms with E-state index in [1.54, 1.807) is 74.5 Å². The van der Waals surface area contributed by atoms with Gasteiger partial charge in [0.25, 0.3) is 23.6 Å². The molecule has 0 radical (unpaired) electrons. The van der Waals surface area contributed by atoms with Crippen molar-refractivity contribution in [1.29, 1.82) is 0 Å². The van der Waals surface area contributed by atoms with E-state index in [0.717, 1.165) is 5.56 Å². The maximum atomic E-state index is 14.3. The highest BCUT2D eigenvalue weighted by atomic mass is 16.6. The van der Waals surface area contributed by atoms with Gasteiger partial charge in [0.05, 0.1) is 29.9 Å². The van der Waals surface area contributed by atoms with Gasteiger partial charge in [0.2, 0.25) is 0 Å². The Morgan fingerprint density at radius 3 is 1.25 bits per heavy atom. The monoisotopic (exact) mass is 1080 g/mol. The molecule has 18 heteroatoms. The predicted octanol–water partition coefficient (Wildman–Crippen LogP) is 9.68. The molecule has 0 aromatic heterocycles. The highest BCUT2D eigenvalue weighted by Gasteiger charge is 2.24. The van der Waals surface area contributed by atoms with E-state index in [2.05, 4.69) is 34.4 Å².